The van der Waals surface area contributed by atoms with E-state index in [9.17, 15) is 0 Å². The van der Waals surface area contributed by atoms with Crippen LogP contribution in [0.2, 0.25) is 0 Å². The highest BCUT2D eigenvalue weighted by Crippen LogP contribution is 2.25. The maximum atomic E-state index is 5.93. The summed E-state index contributed by atoms with van der Waals surface area (Å²) in [7, 11) is 0. The molecule has 0 unspecified atom stereocenters. The molecular formula is C23H22N2OS. The average molecular weight is 375 g/mol. The molecule has 1 aromatic heterocycles. The van der Waals surface area contributed by atoms with Gasteiger partial charge in [0.15, 0.2) is 5.16 Å². The number of imidazole rings is 1. The Bertz CT molecular complexity index is 1030. The minimum Gasteiger partial charge on any atom is -0.492 e. The maximum absolute atomic E-state index is 5.93. The van der Waals surface area contributed by atoms with E-state index in [0.29, 0.717) is 6.61 Å². The largest absolute Gasteiger partial charge is 0.492 e. The lowest BCUT2D eigenvalue weighted by molar-refractivity contribution is 0.341. The highest BCUT2D eigenvalue weighted by Gasteiger charge is 2.11. The maximum Gasteiger partial charge on any atom is 0.169 e. The first-order valence-electron chi connectivity index (χ1n) is 9.12. The molecule has 0 fully saturated rings. The Labute approximate surface area is 164 Å². The van der Waals surface area contributed by atoms with Crippen LogP contribution >= 0.6 is 11.8 Å². The molecule has 0 radical (unpaired) electrons. The van der Waals surface area contributed by atoms with Crippen LogP contribution in [0.25, 0.3) is 11.0 Å². The zero-order valence-electron chi connectivity index (χ0n) is 15.3. The topological polar surface area (TPSA) is 27.1 Å². The number of thioether (sulfide) groups is 1. The second-order valence-corrected chi connectivity index (χ2v) is 7.48. The van der Waals surface area contributed by atoms with Gasteiger partial charge in [0.05, 0.1) is 24.2 Å². The number of para-hydroxylation sites is 3. The normalized spacial score (nSPS) is 11.0. The monoisotopic (exact) mass is 374 g/mol. The lowest BCUT2D eigenvalue weighted by Gasteiger charge is -2.10. The van der Waals surface area contributed by atoms with Gasteiger partial charge in [-0.25, -0.2) is 4.98 Å². The third kappa shape index (κ3) is 4.17. The van der Waals surface area contributed by atoms with Gasteiger partial charge in [0.2, 0.25) is 0 Å². The summed E-state index contributed by atoms with van der Waals surface area (Å²) in [5.41, 5.74) is 4.65. The summed E-state index contributed by atoms with van der Waals surface area (Å²) < 4.78 is 8.23. The van der Waals surface area contributed by atoms with E-state index in [0.717, 1.165) is 28.7 Å². The van der Waals surface area contributed by atoms with Gasteiger partial charge in [-0.2, -0.15) is 0 Å². The number of ether oxygens (including phenoxy) is 1. The number of hydrogen-bond acceptors (Lipinski definition) is 3. The Morgan fingerprint density at radius 2 is 1.63 bits per heavy atom. The number of hydrogen-bond donors (Lipinski definition) is 0. The van der Waals surface area contributed by atoms with Gasteiger partial charge < -0.3 is 9.30 Å². The number of aromatic nitrogens is 2. The molecule has 0 atom stereocenters. The zero-order valence-corrected chi connectivity index (χ0v) is 16.2. The van der Waals surface area contributed by atoms with Gasteiger partial charge in [-0.15, -0.1) is 0 Å². The van der Waals surface area contributed by atoms with Crippen LogP contribution < -0.4 is 4.74 Å². The Kier molecular flexibility index (Phi) is 5.45. The first-order valence-corrected chi connectivity index (χ1v) is 10.1. The highest BCUT2D eigenvalue weighted by atomic mass is 32.2. The predicted molar refractivity (Wildman–Crippen MR) is 113 cm³/mol. The van der Waals surface area contributed by atoms with Crippen molar-refractivity contribution in [2.45, 2.75) is 18.6 Å². The van der Waals surface area contributed by atoms with Gasteiger partial charge in [-0.3, -0.25) is 0 Å². The minimum absolute atomic E-state index is 0.657. The fraction of sp³-hybridized carbons (Fsp3) is 0.174. The minimum atomic E-state index is 0.657. The third-order valence-electron chi connectivity index (χ3n) is 4.47. The summed E-state index contributed by atoms with van der Waals surface area (Å²) >= 11 is 1.74. The van der Waals surface area contributed by atoms with E-state index >= 15 is 0 Å². The summed E-state index contributed by atoms with van der Waals surface area (Å²) in [4.78, 5) is 4.84. The van der Waals surface area contributed by atoms with Crippen molar-refractivity contribution < 1.29 is 4.74 Å². The Morgan fingerprint density at radius 1 is 0.889 bits per heavy atom. The van der Waals surface area contributed by atoms with E-state index in [2.05, 4.69) is 60.0 Å². The van der Waals surface area contributed by atoms with E-state index in [-0.39, 0.29) is 0 Å². The summed E-state index contributed by atoms with van der Waals surface area (Å²) in [5.74, 6) is 1.81. The van der Waals surface area contributed by atoms with Crippen molar-refractivity contribution in [3.05, 3.63) is 90.0 Å². The van der Waals surface area contributed by atoms with Gasteiger partial charge in [-0.05, 0) is 36.2 Å². The van der Waals surface area contributed by atoms with Crippen molar-refractivity contribution >= 4 is 22.8 Å². The first-order chi connectivity index (χ1) is 13.3. The van der Waals surface area contributed by atoms with E-state index in [4.69, 9.17) is 9.72 Å². The molecule has 1 heterocycles. The molecule has 0 aliphatic heterocycles. The second kappa shape index (κ2) is 8.31. The molecule has 0 saturated heterocycles. The van der Waals surface area contributed by atoms with Crippen LogP contribution in [0.3, 0.4) is 0 Å². The van der Waals surface area contributed by atoms with Crippen molar-refractivity contribution in [1.29, 1.82) is 0 Å². The van der Waals surface area contributed by atoms with E-state index in [1.54, 1.807) is 11.8 Å². The number of aryl methyl sites for hydroxylation is 1. The number of rotatable bonds is 7. The molecule has 4 aromatic rings. The molecule has 27 heavy (non-hydrogen) atoms. The Morgan fingerprint density at radius 3 is 2.48 bits per heavy atom. The van der Waals surface area contributed by atoms with E-state index in [1.165, 1.54) is 16.6 Å². The molecule has 0 bridgehead atoms. The van der Waals surface area contributed by atoms with Crippen LogP contribution in [-0.4, -0.2) is 21.9 Å². The summed E-state index contributed by atoms with van der Waals surface area (Å²) in [6.07, 6.45) is 0. The van der Waals surface area contributed by atoms with Crippen LogP contribution in [0.4, 0.5) is 0 Å². The molecule has 0 aliphatic carbocycles. The number of benzene rings is 3. The molecule has 4 heteroatoms. The SMILES string of the molecule is Cc1ccccc1OCCSc1nc2ccccc2n1Cc1ccccc1. The first kappa shape index (κ1) is 17.7. The van der Waals surface area contributed by atoms with Gasteiger partial charge >= 0.3 is 0 Å². The van der Waals surface area contributed by atoms with Crippen molar-refractivity contribution in [2.75, 3.05) is 12.4 Å². The predicted octanol–water partition coefficient (Wildman–Crippen LogP) is 5.56. The van der Waals surface area contributed by atoms with Crippen LogP contribution in [-0.2, 0) is 6.54 Å². The zero-order chi connectivity index (χ0) is 18.5. The van der Waals surface area contributed by atoms with Gasteiger partial charge in [-0.1, -0.05) is 72.4 Å². The van der Waals surface area contributed by atoms with Crippen LogP contribution in [0.5, 0.6) is 5.75 Å². The van der Waals surface area contributed by atoms with Gasteiger partial charge in [0, 0.05) is 5.75 Å². The fourth-order valence-electron chi connectivity index (χ4n) is 3.09. The number of fused-ring (bicyclic) bond motifs is 1. The molecule has 3 aromatic carbocycles. The molecule has 3 nitrogen and oxygen atoms in total. The molecule has 0 spiro atoms. The molecule has 0 N–H and O–H groups in total. The molecule has 0 saturated carbocycles. The molecule has 136 valence electrons. The molecule has 4 rings (SSSR count). The van der Waals surface area contributed by atoms with E-state index < -0.39 is 0 Å². The van der Waals surface area contributed by atoms with E-state index in [1.807, 2.05) is 30.3 Å². The lowest BCUT2D eigenvalue weighted by atomic mass is 10.2. The molecule has 0 amide bonds. The average Bonchev–Trinajstić information content (AvgIpc) is 3.05. The standard InChI is InChI=1S/C23H22N2OS/c1-18-9-5-8-14-22(18)26-15-16-27-23-24-20-12-6-7-13-21(20)25(23)17-19-10-3-2-4-11-19/h2-14H,15-17H2,1H3. The fourth-order valence-corrected chi connectivity index (χ4v) is 3.92. The summed E-state index contributed by atoms with van der Waals surface area (Å²) in [6.45, 7) is 3.55. The van der Waals surface area contributed by atoms with Crippen molar-refractivity contribution in [3.8, 4) is 5.75 Å². The third-order valence-corrected chi connectivity index (χ3v) is 5.41. The smallest absolute Gasteiger partial charge is 0.169 e. The quantitative estimate of drug-likeness (QED) is 0.313. The van der Waals surface area contributed by atoms with Gasteiger partial charge in [0.25, 0.3) is 0 Å². The van der Waals surface area contributed by atoms with Crippen LogP contribution in [0.1, 0.15) is 11.1 Å². The van der Waals surface area contributed by atoms with Crippen molar-refractivity contribution in [1.82, 2.24) is 9.55 Å². The lowest BCUT2D eigenvalue weighted by Crippen LogP contribution is -2.05. The second-order valence-electron chi connectivity index (χ2n) is 6.42. The molecule has 0 aliphatic rings. The number of nitrogens with zero attached hydrogens (tertiary/aromatic N) is 2. The Hall–Kier alpha value is -2.72. The van der Waals surface area contributed by atoms with Gasteiger partial charge in [0.1, 0.15) is 5.75 Å². The highest BCUT2D eigenvalue weighted by molar-refractivity contribution is 7.99. The summed E-state index contributed by atoms with van der Waals surface area (Å²) in [6, 6.07) is 27.0. The van der Waals surface area contributed by atoms with Crippen molar-refractivity contribution in [2.24, 2.45) is 0 Å². The van der Waals surface area contributed by atoms with Crippen molar-refractivity contribution in [3.63, 3.8) is 0 Å². The van der Waals surface area contributed by atoms with Crippen LogP contribution in [0.15, 0.2) is 84.0 Å². The molecular weight excluding hydrogens is 352 g/mol. The van der Waals surface area contributed by atoms with Crippen LogP contribution in [0, 0.1) is 6.92 Å². The Balaban J connectivity index is 1.49. The summed E-state index contributed by atoms with van der Waals surface area (Å²) in [5, 5.41) is 1.04.